The highest BCUT2D eigenvalue weighted by Crippen LogP contribution is 2.36. The monoisotopic (exact) mass is 522 g/mol. The van der Waals surface area contributed by atoms with Gasteiger partial charge in [0.2, 0.25) is 0 Å². The SMILES string of the molecule is CC(C=O)CNCCn1c(Sc2cc3c(cc2I)CCC3)nc2c(N)ncnc21. The van der Waals surface area contributed by atoms with E-state index in [-0.39, 0.29) is 5.92 Å². The van der Waals surface area contributed by atoms with Crippen molar-refractivity contribution in [1.29, 1.82) is 0 Å². The first-order valence-corrected chi connectivity index (χ1v) is 11.6. The Bertz CT molecular complexity index is 1050. The van der Waals surface area contributed by atoms with Crippen LogP contribution < -0.4 is 11.1 Å². The van der Waals surface area contributed by atoms with E-state index in [9.17, 15) is 4.79 Å². The molecule has 1 atom stereocenters. The van der Waals surface area contributed by atoms with E-state index in [2.05, 4.69) is 54.6 Å². The normalized spacial score (nSPS) is 14.3. The van der Waals surface area contributed by atoms with E-state index in [0.29, 0.717) is 31.0 Å². The van der Waals surface area contributed by atoms with Crippen LogP contribution in [-0.2, 0) is 24.2 Å². The number of imidazole rings is 1. The number of nitrogens with one attached hydrogen (secondary N) is 1. The summed E-state index contributed by atoms with van der Waals surface area (Å²) in [5.74, 6) is 0.385. The van der Waals surface area contributed by atoms with Crippen molar-refractivity contribution in [3.8, 4) is 0 Å². The molecule has 0 fully saturated rings. The second kappa shape index (κ2) is 8.97. The van der Waals surface area contributed by atoms with Gasteiger partial charge in [-0.1, -0.05) is 18.7 Å². The van der Waals surface area contributed by atoms with Gasteiger partial charge in [-0.25, -0.2) is 15.0 Å². The van der Waals surface area contributed by atoms with E-state index < -0.39 is 0 Å². The number of aromatic nitrogens is 4. The van der Waals surface area contributed by atoms with Gasteiger partial charge in [0.05, 0.1) is 0 Å². The van der Waals surface area contributed by atoms with E-state index in [0.717, 1.165) is 23.5 Å². The van der Waals surface area contributed by atoms with Crippen LogP contribution in [0.25, 0.3) is 11.2 Å². The van der Waals surface area contributed by atoms with Crippen LogP contribution in [0.4, 0.5) is 5.82 Å². The van der Waals surface area contributed by atoms with Gasteiger partial charge in [0.1, 0.15) is 12.6 Å². The Morgan fingerprint density at radius 1 is 1.34 bits per heavy atom. The molecular formula is C20H23IN6OS. The predicted molar refractivity (Wildman–Crippen MR) is 123 cm³/mol. The van der Waals surface area contributed by atoms with Crippen molar-refractivity contribution in [2.75, 3.05) is 18.8 Å². The largest absolute Gasteiger partial charge is 0.382 e. The van der Waals surface area contributed by atoms with Crippen LogP contribution >= 0.6 is 34.4 Å². The summed E-state index contributed by atoms with van der Waals surface area (Å²) in [6.45, 7) is 3.95. The Labute approximate surface area is 187 Å². The van der Waals surface area contributed by atoms with Crippen molar-refractivity contribution in [2.24, 2.45) is 5.92 Å². The zero-order valence-electron chi connectivity index (χ0n) is 16.2. The lowest BCUT2D eigenvalue weighted by atomic mass is 10.1. The average molecular weight is 522 g/mol. The Hall–Kier alpha value is -1.72. The second-order valence-corrected chi connectivity index (χ2v) is 9.47. The number of halogens is 1. The molecule has 0 aliphatic heterocycles. The van der Waals surface area contributed by atoms with E-state index in [4.69, 9.17) is 10.7 Å². The first kappa shape index (κ1) is 20.5. The number of rotatable bonds is 8. The fraction of sp³-hybridized carbons (Fsp3) is 0.400. The summed E-state index contributed by atoms with van der Waals surface area (Å²) in [6, 6.07) is 4.60. The minimum Gasteiger partial charge on any atom is -0.382 e. The molecule has 0 radical (unpaired) electrons. The molecule has 4 rings (SSSR count). The number of benzene rings is 1. The lowest BCUT2D eigenvalue weighted by molar-refractivity contribution is -0.110. The molecule has 0 saturated carbocycles. The van der Waals surface area contributed by atoms with E-state index in [1.807, 2.05) is 6.92 Å². The highest BCUT2D eigenvalue weighted by molar-refractivity contribution is 14.1. The number of nitrogens with zero attached hydrogens (tertiary/aromatic N) is 4. The van der Waals surface area contributed by atoms with Crippen molar-refractivity contribution in [3.05, 3.63) is 33.2 Å². The number of hydrogen-bond donors (Lipinski definition) is 2. The second-order valence-electron chi connectivity index (χ2n) is 7.30. The van der Waals surface area contributed by atoms with E-state index >= 15 is 0 Å². The Balaban J connectivity index is 1.63. The smallest absolute Gasteiger partial charge is 0.175 e. The summed E-state index contributed by atoms with van der Waals surface area (Å²) in [5.41, 5.74) is 10.3. The van der Waals surface area contributed by atoms with Gasteiger partial charge in [-0.15, -0.1) is 0 Å². The Kier molecular flexibility index (Phi) is 6.35. The molecule has 3 N–H and O–H groups in total. The van der Waals surface area contributed by atoms with Crippen molar-refractivity contribution in [2.45, 2.75) is 42.8 Å². The number of fused-ring (bicyclic) bond motifs is 2. The fourth-order valence-electron chi connectivity index (χ4n) is 3.53. The summed E-state index contributed by atoms with van der Waals surface area (Å²) >= 11 is 4.05. The molecular weight excluding hydrogens is 499 g/mol. The summed E-state index contributed by atoms with van der Waals surface area (Å²) < 4.78 is 3.32. The third-order valence-electron chi connectivity index (χ3n) is 5.08. The minimum absolute atomic E-state index is 0.00524. The molecule has 1 aromatic carbocycles. The lowest BCUT2D eigenvalue weighted by Crippen LogP contribution is -2.26. The lowest BCUT2D eigenvalue weighted by Gasteiger charge is -2.12. The standard InChI is InChI=1S/C20H23IN6OS/c1-12(10-28)9-23-5-6-27-19-17(18(22)24-11-25-19)26-20(27)29-16-8-14-4-2-3-13(14)7-15(16)21/h7-8,10-12,23H,2-6,9H2,1H3,(H2,22,24,25). The molecule has 2 heterocycles. The van der Waals surface area contributed by atoms with Crippen LogP contribution in [0.15, 0.2) is 28.5 Å². The molecule has 152 valence electrons. The van der Waals surface area contributed by atoms with Gasteiger partial charge >= 0.3 is 0 Å². The van der Waals surface area contributed by atoms with Gasteiger partial charge in [0, 0.05) is 34.0 Å². The molecule has 7 nitrogen and oxygen atoms in total. The van der Waals surface area contributed by atoms with Gasteiger partial charge in [-0.05, 0) is 65.1 Å². The molecule has 0 amide bonds. The number of anilines is 1. The summed E-state index contributed by atoms with van der Waals surface area (Å²) in [6.07, 6.45) is 5.99. The maximum Gasteiger partial charge on any atom is 0.175 e. The molecule has 0 bridgehead atoms. The first-order chi connectivity index (χ1) is 14.1. The van der Waals surface area contributed by atoms with Crippen LogP contribution in [-0.4, -0.2) is 38.9 Å². The van der Waals surface area contributed by atoms with Crippen molar-refractivity contribution >= 4 is 57.6 Å². The summed E-state index contributed by atoms with van der Waals surface area (Å²) in [7, 11) is 0. The van der Waals surface area contributed by atoms with Crippen LogP contribution in [0, 0.1) is 9.49 Å². The van der Waals surface area contributed by atoms with Gasteiger partial charge in [-0.2, -0.15) is 0 Å². The highest BCUT2D eigenvalue weighted by Gasteiger charge is 2.19. The van der Waals surface area contributed by atoms with Crippen LogP contribution in [0.1, 0.15) is 24.5 Å². The zero-order chi connectivity index (χ0) is 20.4. The third kappa shape index (κ3) is 4.41. The molecule has 9 heteroatoms. The minimum atomic E-state index is -0.00524. The van der Waals surface area contributed by atoms with Crippen LogP contribution in [0.3, 0.4) is 0 Å². The topological polar surface area (TPSA) is 98.7 Å². The molecule has 1 aliphatic carbocycles. The predicted octanol–water partition coefficient (Wildman–Crippen LogP) is 3.08. The molecule has 0 saturated heterocycles. The maximum absolute atomic E-state index is 10.8. The maximum atomic E-state index is 10.8. The summed E-state index contributed by atoms with van der Waals surface area (Å²) in [4.78, 5) is 25.3. The fourth-order valence-corrected chi connectivity index (χ4v) is 5.37. The third-order valence-corrected chi connectivity index (χ3v) is 7.39. The van der Waals surface area contributed by atoms with Crippen molar-refractivity contribution < 1.29 is 4.79 Å². The highest BCUT2D eigenvalue weighted by atomic mass is 127. The average Bonchev–Trinajstić information content (AvgIpc) is 3.30. The first-order valence-electron chi connectivity index (χ1n) is 9.68. The van der Waals surface area contributed by atoms with Crippen molar-refractivity contribution in [3.63, 3.8) is 0 Å². The van der Waals surface area contributed by atoms with Gasteiger partial charge < -0.3 is 20.4 Å². The molecule has 29 heavy (non-hydrogen) atoms. The van der Waals surface area contributed by atoms with Crippen molar-refractivity contribution in [1.82, 2.24) is 24.8 Å². The quantitative estimate of drug-likeness (QED) is 0.267. The number of carbonyl (C=O) groups is 1. The van der Waals surface area contributed by atoms with Gasteiger partial charge in [0.15, 0.2) is 22.1 Å². The van der Waals surface area contributed by atoms with Gasteiger partial charge in [-0.3, -0.25) is 0 Å². The number of aldehydes is 1. The molecule has 1 aliphatic rings. The molecule has 1 unspecified atom stereocenters. The molecule has 3 aromatic rings. The number of carbonyl (C=O) groups excluding carboxylic acids is 1. The van der Waals surface area contributed by atoms with Gasteiger partial charge in [0.25, 0.3) is 0 Å². The number of hydrogen-bond acceptors (Lipinski definition) is 7. The van der Waals surface area contributed by atoms with E-state index in [1.54, 1.807) is 11.8 Å². The van der Waals surface area contributed by atoms with Crippen LogP contribution in [0.2, 0.25) is 0 Å². The number of nitrogens with two attached hydrogens (primary N) is 1. The number of nitrogen functional groups attached to an aromatic ring is 1. The summed E-state index contributed by atoms with van der Waals surface area (Å²) in [5, 5.41) is 4.18. The van der Waals surface area contributed by atoms with Crippen LogP contribution in [0.5, 0.6) is 0 Å². The molecule has 0 spiro atoms. The van der Waals surface area contributed by atoms with E-state index in [1.165, 1.54) is 38.8 Å². The molecule has 2 aromatic heterocycles. The number of aryl methyl sites for hydroxylation is 2. The zero-order valence-corrected chi connectivity index (χ0v) is 19.2. The Morgan fingerprint density at radius 3 is 2.93 bits per heavy atom. The Morgan fingerprint density at radius 2 is 2.14 bits per heavy atom.